The van der Waals surface area contributed by atoms with Gasteiger partial charge < -0.3 is 4.57 Å². The molecule has 0 amide bonds. The fourth-order valence-corrected chi connectivity index (χ4v) is 8.70. The van der Waals surface area contributed by atoms with Crippen LogP contribution in [0.3, 0.4) is 0 Å². The van der Waals surface area contributed by atoms with Gasteiger partial charge in [0.05, 0.1) is 27.8 Å². The quantitative estimate of drug-likeness (QED) is 0.163. The molecule has 0 bridgehead atoms. The molecule has 11 heteroatoms. The number of alkyl halides is 6. The molecule has 3 aromatic heterocycles. The third-order valence-electron chi connectivity index (χ3n) is 10.3. The van der Waals surface area contributed by atoms with E-state index in [2.05, 4.69) is 24.3 Å². The molecule has 0 fully saturated rings. The van der Waals surface area contributed by atoms with Crippen molar-refractivity contribution in [3.8, 4) is 51.0 Å². The van der Waals surface area contributed by atoms with Gasteiger partial charge in [0.1, 0.15) is 0 Å². The van der Waals surface area contributed by atoms with Crippen molar-refractivity contribution in [1.82, 2.24) is 19.5 Å². The monoisotopic (exact) mass is 792 g/mol. The van der Waals surface area contributed by atoms with E-state index in [1.54, 1.807) is 17.4 Å². The molecule has 0 aliphatic heterocycles. The summed E-state index contributed by atoms with van der Waals surface area (Å²) in [5, 5.41) is 2.95. The molecule has 282 valence electrons. The molecule has 4 nitrogen and oxygen atoms in total. The molecule has 0 radical (unpaired) electrons. The Balaban J connectivity index is 1.30. The van der Waals surface area contributed by atoms with Gasteiger partial charge in [-0.1, -0.05) is 109 Å². The molecule has 0 aliphatic carbocycles. The van der Waals surface area contributed by atoms with Gasteiger partial charge in [0, 0.05) is 47.6 Å². The van der Waals surface area contributed by atoms with E-state index in [9.17, 15) is 26.3 Å². The molecule has 10 aromatic rings. The molecule has 0 aliphatic rings. The summed E-state index contributed by atoms with van der Waals surface area (Å²) < 4.78 is 89.6. The zero-order valence-electron chi connectivity index (χ0n) is 30.0. The second-order valence-corrected chi connectivity index (χ2v) is 15.0. The van der Waals surface area contributed by atoms with Crippen LogP contribution in [-0.2, 0) is 12.4 Å². The zero-order valence-corrected chi connectivity index (χ0v) is 30.8. The zero-order chi connectivity index (χ0) is 39.8. The van der Waals surface area contributed by atoms with Crippen LogP contribution in [-0.4, -0.2) is 19.5 Å². The third kappa shape index (κ3) is 6.15. The Labute approximate surface area is 330 Å². The molecule has 0 N–H and O–H groups in total. The normalized spacial score (nSPS) is 12.3. The molecule has 0 saturated carbocycles. The van der Waals surface area contributed by atoms with Crippen molar-refractivity contribution in [2.24, 2.45) is 0 Å². The highest BCUT2D eigenvalue weighted by atomic mass is 32.1. The highest BCUT2D eigenvalue weighted by Gasteiger charge is 2.34. The Bertz CT molecular complexity index is 3080. The van der Waals surface area contributed by atoms with Crippen LogP contribution in [0.1, 0.15) is 11.1 Å². The molecule has 0 saturated heterocycles. The van der Waals surface area contributed by atoms with Crippen LogP contribution in [0, 0.1) is 0 Å². The molecular formula is C47H26F6N4S. The highest BCUT2D eigenvalue weighted by Crippen LogP contribution is 2.43. The van der Waals surface area contributed by atoms with Crippen LogP contribution < -0.4 is 0 Å². The number of fused-ring (bicyclic) bond motifs is 6. The minimum absolute atomic E-state index is 0.0745. The smallest absolute Gasteiger partial charge is 0.308 e. The lowest BCUT2D eigenvalue weighted by Gasteiger charge is -2.17. The van der Waals surface area contributed by atoms with Crippen LogP contribution in [0.25, 0.3) is 93.0 Å². The Morgan fingerprint density at radius 2 is 0.879 bits per heavy atom. The maximum absolute atomic E-state index is 14.3. The van der Waals surface area contributed by atoms with Gasteiger partial charge in [-0.2, -0.15) is 26.3 Å². The summed E-state index contributed by atoms with van der Waals surface area (Å²) in [6, 6.07) is 44.7. The lowest BCUT2D eigenvalue weighted by Crippen LogP contribution is -2.07. The number of thiophene rings is 1. The second-order valence-electron chi connectivity index (χ2n) is 13.9. The molecular weight excluding hydrogens is 767 g/mol. The number of halogens is 6. The van der Waals surface area contributed by atoms with Gasteiger partial charge in [-0.15, -0.1) is 11.3 Å². The Hall–Kier alpha value is -6.85. The Kier molecular flexibility index (Phi) is 8.20. The van der Waals surface area contributed by atoms with E-state index in [4.69, 9.17) is 15.0 Å². The maximum atomic E-state index is 14.3. The summed E-state index contributed by atoms with van der Waals surface area (Å²) in [5.74, 6) is 0.864. The van der Waals surface area contributed by atoms with Crippen molar-refractivity contribution in [1.29, 1.82) is 0 Å². The first kappa shape index (κ1) is 35.6. The number of hydrogen-bond acceptors (Lipinski definition) is 4. The van der Waals surface area contributed by atoms with E-state index < -0.39 is 23.5 Å². The summed E-state index contributed by atoms with van der Waals surface area (Å²) in [4.78, 5) is 14.8. The standard InChI is InChI=1S/C47H26F6N4S/c48-46(49,50)31-17-20-33-34-21-18-32(47(51,52)53)26-40(34)57(39(33)25-31)38-22-16-29(30-15-19-36-35-13-7-8-14-41(35)58-42(36)24-30)23-37(38)45-55-43(27-9-3-1-4-10-27)54-44(56-45)28-11-5-2-6-12-28/h1-26H. The molecule has 0 spiro atoms. The van der Waals surface area contributed by atoms with E-state index in [1.165, 1.54) is 16.7 Å². The van der Waals surface area contributed by atoms with Gasteiger partial charge >= 0.3 is 12.4 Å². The largest absolute Gasteiger partial charge is 0.416 e. The molecule has 58 heavy (non-hydrogen) atoms. The molecule has 7 aromatic carbocycles. The van der Waals surface area contributed by atoms with E-state index >= 15 is 0 Å². The summed E-state index contributed by atoms with van der Waals surface area (Å²) >= 11 is 1.66. The molecule has 0 unspecified atom stereocenters. The van der Waals surface area contributed by atoms with E-state index in [0.717, 1.165) is 55.6 Å². The average molecular weight is 793 g/mol. The van der Waals surface area contributed by atoms with Gasteiger partial charge in [-0.25, -0.2) is 15.0 Å². The first-order valence-corrected chi connectivity index (χ1v) is 19.0. The molecule has 3 heterocycles. The van der Waals surface area contributed by atoms with Crippen LogP contribution in [0.4, 0.5) is 26.3 Å². The predicted octanol–water partition coefficient (Wildman–Crippen LogP) is 14.0. The van der Waals surface area contributed by atoms with Crippen molar-refractivity contribution < 1.29 is 26.3 Å². The van der Waals surface area contributed by atoms with E-state index in [1.807, 2.05) is 91.0 Å². The maximum Gasteiger partial charge on any atom is 0.416 e. The van der Waals surface area contributed by atoms with Crippen LogP contribution in [0.2, 0.25) is 0 Å². The third-order valence-corrected chi connectivity index (χ3v) is 11.4. The SMILES string of the molecule is FC(F)(F)c1ccc2c3ccc(C(F)(F)F)cc3n(-c3ccc(-c4ccc5c(c4)sc4ccccc45)cc3-c3nc(-c4ccccc4)nc(-c4ccccc4)n3)c2c1. The first-order valence-electron chi connectivity index (χ1n) is 18.2. The van der Waals surface area contributed by atoms with E-state index in [0.29, 0.717) is 39.1 Å². The van der Waals surface area contributed by atoms with Gasteiger partial charge in [0.2, 0.25) is 0 Å². The van der Waals surface area contributed by atoms with Crippen molar-refractivity contribution in [3.63, 3.8) is 0 Å². The van der Waals surface area contributed by atoms with Gasteiger partial charge in [-0.05, 0) is 59.7 Å². The summed E-state index contributed by atoms with van der Waals surface area (Å²) in [6.07, 6.45) is -9.43. The summed E-state index contributed by atoms with van der Waals surface area (Å²) in [7, 11) is 0. The van der Waals surface area contributed by atoms with Crippen LogP contribution in [0.15, 0.2) is 158 Å². The lowest BCUT2D eigenvalue weighted by molar-refractivity contribution is -0.138. The fourth-order valence-electron chi connectivity index (χ4n) is 7.55. The van der Waals surface area contributed by atoms with E-state index in [-0.39, 0.29) is 22.5 Å². The predicted molar refractivity (Wildman–Crippen MR) is 219 cm³/mol. The van der Waals surface area contributed by atoms with Crippen LogP contribution >= 0.6 is 11.3 Å². The lowest BCUT2D eigenvalue weighted by atomic mass is 9.99. The number of benzene rings is 7. The number of hydrogen-bond donors (Lipinski definition) is 0. The van der Waals surface area contributed by atoms with Gasteiger partial charge in [-0.3, -0.25) is 0 Å². The van der Waals surface area contributed by atoms with Crippen LogP contribution in [0.5, 0.6) is 0 Å². The fraction of sp³-hybridized carbons (Fsp3) is 0.0426. The average Bonchev–Trinajstić information content (AvgIpc) is 3.78. The number of aromatic nitrogens is 4. The first-order chi connectivity index (χ1) is 28.0. The van der Waals surface area contributed by atoms with Crippen molar-refractivity contribution in [2.45, 2.75) is 12.4 Å². The molecule has 0 atom stereocenters. The number of nitrogens with zero attached hydrogens (tertiary/aromatic N) is 4. The van der Waals surface area contributed by atoms with Crippen molar-refractivity contribution in [3.05, 3.63) is 169 Å². The van der Waals surface area contributed by atoms with Gasteiger partial charge in [0.25, 0.3) is 0 Å². The highest BCUT2D eigenvalue weighted by molar-refractivity contribution is 7.25. The van der Waals surface area contributed by atoms with Gasteiger partial charge in [0.15, 0.2) is 17.5 Å². The van der Waals surface area contributed by atoms with Crippen molar-refractivity contribution >= 4 is 53.3 Å². The number of rotatable bonds is 5. The summed E-state index contributed by atoms with van der Waals surface area (Å²) in [5.41, 5.74) is 1.92. The minimum atomic E-state index is -4.71. The minimum Gasteiger partial charge on any atom is -0.308 e. The molecule has 10 rings (SSSR count). The topological polar surface area (TPSA) is 43.6 Å². The van der Waals surface area contributed by atoms with Crippen molar-refractivity contribution in [2.75, 3.05) is 0 Å². The Morgan fingerprint density at radius 1 is 0.397 bits per heavy atom. The second kappa shape index (κ2) is 13.4. The Morgan fingerprint density at radius 3 is 1.47 bits per heavy atom. The summed E-state index contributed by atoms with van der Waals surface area (Å²) in [6.45, 7) is 0.